The van der Waals surface area contributed by atoms with E-state index >= 15 is 0 Å². The SMILES string of the molecule is CCCCCCCCCCCOP(=O)(O)OC[C@H]1O[C@@H](n2cc(F)c(=O)[nH]c2=O)C[C@@]1(O)C(C)=O. The Labute approximate surface area is 203 Å². The van der Waals surface area contributed by atoms with E-state index in [-0.39, 0.29) is 6.61 Å². The van der Waals surface area contributed by atoms with Gasteiger partial charge in [-0.25, -0.2) is 9.36 Å². The largest absolute Gasteiger partial charge is 0.472 e. The van der Waals surface area contributed by atoms with Crippen LogP contribution in [0.15, 0.2) is 15.8 Å². The summed E-state index contributed by atoms with van der Waals surface area (Å²) in [6, 6.07) is 0. The fourth-order valence-corrected chi connectivity index (χ4v) is 4.68. The lowest BCUT2D eigenvalue weighted by atomic mass is 9.91. The van der Waals surface area contributed by atoms with E-state index in [0.717, 1.165) is 26.2 Å². The molecule has 0 spiro atoms. The summed E-state index contributed by atoms with van der Waals surface area (Å²) in [5, 5.41) is 10.8. The number of ketones is 1. The molecule has 0 bridgehead atoms. The minimum Gasteiger partial charge on any atom is -0.379 e. The highest BCUT2D eigenvalue weighted by Gasteiger charge is 2.52. The molecule has 11 nitrogen and oxygen atoms in total. The number of rotatable bonds is 16. The van der Waals surface area contributed by atoms with Crippen LogP contribution < -0.4 is 11.2 Å². The van der Waals surface area contributed by atoms with Crippen molar-refractivity contribution in [3.05, 3.63) is 32.9 Å². The maximum Gasteiger partial charge on any atom is 0.472 e. The molecule has 35 heavy (non-hydrogen) atoms. The molecule has 1 aliphatic rings. The minimum absolute atomic E-state index is 0.000780. The second-order valence-electron chi connectivity index (χ2n) is 8.83. The predicted octanol–water partition coefficient (Wildman–Crippen LogP) is 2.95. The molecule has 0 amide bonds. The van der Waals surface area contributed by atoms with Crippen molar-refractivity contribution in [2.75, 3.05) is 13.2 Å². The van der Waals surface area contributed by atoms with Gasteiger partial charge in [0.2, 0.25) is 5.82 Å². The van der Waals surface area contributed by atoms with Gasteiger partial charge in [-0.1, -0.05) is 58.3 Å². The van der Waals surface area contributed by atoms with Crippen LogP contribution in [0.3, 0.4) is 0 Å². The maximum atomic E-state index is 13.6. The van der Waals surface area contributed by atoms with E-state index in [0.29, 0.717) is 17.2 Å². The van der Waals surface area contributed by atoms with Crippen LogP contribution in [0.2, 0.25) is 0 Å². The first-order chi connectivity index (χ1) is 16.5. The van der Waals surface area contributed by atoms with E-state index in [1.807, 2.05) is 0 Å². The molecule has 1 saturated heterocycles. The van der Waals surface area contributed by atoms with Gasteiger partial charge in [-0.3, -0.25) is 28.2 Å². The summed E-state index contributed by atoms with van der Waals surface area (Å²) in [4.78, 5) is 47.1. The lowest BCUT2D eigenvalue weighted by Gasteiger charge is -2.25. The van der Waals surface area contributed by atoms with Gasteiger partial charge in [0.05, 0.1) is 19.4 Å². The molecule has 0 aromatic carbocycles. The highest BCUT2D eigenvalue weighted by atomic mass is 31.2. The highest BCUT2D eigenvalue weighted by molar-refractivity contribution is 7.47. The summed E-state index contributed by atoms with van der Waals surface area (Å²) >= 11 is 0. The molecule has 4 atom stereocenters. The number of aliphatic hydroxyl groups is 1. The molecule has 3 N–H and O–H groups in total. The minimum atomic E-state index is -4.50. The summed E-state index contributed by atoms with van der Waals surface area (Å²) in [5.41, 5.74) is -4.41. The van der Waals surface area contributed by atoms with E-state index in [1.165, 1.54) is 32.1 Å². The molecule has 200 valence electrons. The number of nitrogens with one attached hydrogen (secondary N) is 1. The number of Topliss-reactive ketones (excluding diaryl/α,β-unsaturated/α-hetero) is 1. The molecule has 1 unspecified atom stereocenters. The Morgan fingerprint density at radius 2 is 1.80 bits per heavy atom. The van der Waals surface area contributed by atoms with Gasteiger partial charge in [0.1, 0.15) is 12.3 Å². The molecule has 1 aliphatic heterocycles. The standard InChI is InChI=1S/C22H36FN2O9P/c1-3-4-5-6-7-8-9-10-11-12-32-35(30,31)33-15-18-22(29,16(2)26)13-19(34-18)25-14-17(23)20(27)24-21(25)28/h14,18-19,29H,3-13,15H2,1-2H3,(H,30,31)(H,24,27,28)/t18-,19-,22-/m1/s1. The van der Waals surface area contributed by atoms with Gasteiger partial charge in [0.25, 0.3) is 5.56 Å². The number of H-pyrrole nitrogens is 1. The van der Waals surface area contributed by atoms with Gasteiger partial charge in [0.15, 0.2) is 11.4 Å². The summed E-state index contributed by atoms with van der Waals surface area (Å²) < 4.78 is 41.9. The van der Waals surface area contributed by atoms with Gasteiger partial charge in [-0.2, -0.15) is 4.39 Å². The number of hydrogen-bond acceptors (Lipinski definition) is 8. The van der Waals surface area contributed by atoms with E-state index in [4.69, 9.17) is 13.8 Å². The van der Waals surface area contributed by atoms with Gasteiger partial charge < -0.3 is 14.7 Å². The van der Waals surface area contributed by atoms with Crippen molar-refractivity contribution in [1.29, 1.82) is 0 Å². The van der Waals surface area contributed by atoms with Gasteiger partial charge in [-0.05, 0) is 13.3 Å². The number of aromatic nitrogens is 2. The van der Waals surface area contributed by atoms with Crippen LogP contribution in [0.1, 0.15) is 84.3 Å². The molecule has 2 heterocycles. The van der Waals surface area contributed by atoms with E-state index < -0.39 is 61.6 Å². The van der Waals surface area contributed by atoms with Gasteiger partial charge in [-0.15, -0.1) is 0 Å². The fourth-order valence-electron chi connectivity index (χ4n) is 3.93. The highest BCUT2D eigenvalue weighted by Crippen LogP contribution is 2.46. The Hall–Kier alpha value is -1.69. The number of carbonyl (C=O) groups is 1. The summed E-state index contributed by atoms with van der Waals surface area (Å²) in [5.74, 6) is -2.00. The van der Waals surface area contributed by atoms with Crippen LogP contribution in [0.5, 0.6) is 0 Å². The first-order valence-electron chi connectivity index (χ1n) is 12.0. The monoisotopic (exact) mass is 522 g/mol. The summed E-state index contributed by atoms with van der Waals surface area (Å²) in [7, 11) is -4.50. The molecule has 1 fully saturated rings. The van der Waals surface area contributed by atoms with Crippen LogP contribution in [-0.2, 0) is 23.1 Å². The van der Waals surface area contributed by atoms with Crippen LogP contribution >= 0.6 is 7.82 Å². The van der Waals surface area contributed by atoms with Gasteiger partial charge >= 0.3 is 13.5 Å². The Morgan fingerprint density at radius 3 is 2.40 bits per heavy atom. The molecular weight excluding hydrogens is 486 g/mol. The first-order valence-corrected chi connectivity index (χ1v) is 13.5. The number of unbranched alkanes of at least 4 members (excludes halogenated alkanes) is 8. The van der Waals surface area contributed by atoms with Crippen molar-refractivity contribution in [3.63, 3.8) is 0 Å². The van der Waals surface area contributed by atoms with Crippen molar-refractivity contribution in [2.45, 2.75) is 96.0 Å². The number of nitrogens with zero attached hydrogens (tertiary/aromatic N) is 1. The predicted molar refractivity (Wildman–Crippen MR) is 124 cm³/mol. The molecule has 0 radical (unpaired) electrons. The molecule has 0 saturated carbocycles. The van der Waals surface area contributed by atoms with Crippen molar-refractivity contribution in [1.82, 2.24) is 9.55 Å². The van der Waals surface area contributed by atoms with E-state index in [2.05, 4.69) is 6.92 Å². The normalized spacial score (nSPS) is 23.9. The smallest absolute Gasteiger partial charge is 0.379 e. The topological polar surface area (TPSA) is 157 Å². The van der Waals surface area contributed by atoms with Crippen molar-refractivity contribution < 1.29 is 37.5 Å². The van der Waals surface area contributed by atoms with Crippen LogP contribution in [0.25, 0.3) is 0 Å². The van der Waals surface area contributed by atoms with Crippen molar-refractivity contribution >= 4 is 13.6 Å². The average molecular weight is 523 g/mol. The van der Waals surface area contributed by atoms with E-state index in [1.54, 1.807) is 4.98 Å². The number of halogens is 1. The number of carbonyl (C=O) groups excluding carboxylic acids is 1. The quantitative estimate of drug-likeness (QED) is 0.219. The molecule has 1 aromatic heterocycles. The van der Waals surface area contributed by atoms with E-state index in [9.17, 15) is 33.3 Å². The van der Waals surface area contributed by atoms with Gasteiger partial charge in [0, 0.05) is 6.42 Å². The lowest BCUT2D eigenvalue weighted by Crippen LogP contribution is -2.47. The first kappa shape index (κ1) is 29.5. The number of phosphoric acid groups is 1. The Bertz CT molecular complexity index is 998. The Balaban J connectivity index is 1.84. The maximum absolute atomic E-state index is 13.6. The third-order valence-electron chi connectivity index (χ3n) is 6.08. The van der Waals surface area contributed by atoms with Crippen LogP contribution in [0.4, 0.5) is 4.39 Å². The summed E-state index contributed by atoms with van der Waals surface area (Å²) in [6.45, 7) is 2.55. The number of phosphoric ester groups is 1. The molecule has 0 aliphatic carbocycles. The zero-order chi connectivity index (χ0) is 26.1. The molecule has 13 heteroatoms. The second-order valence-corrected chi connectivity index (χ2v) is 10.3. The third kappa shape index (κ3) is 8.73. The Kier molecular flexibility index (Phi) is 11.5. The zero-order valence-electron chi connectivity index (χ0n) is 20.2. The number of aromatic amines is 1. The van der Waals surface area contributed by atoms with Crippen LogP contribution in [0, 0.1) is 5.82 Å². The molecule has 1 aromatic rings. The van der Waals surface area contributed by atoms with Crippen LogP contribution in [-0.4, -0.2) is 50.3 Å². The second kappa shape index (κ2) is 13.6. The van der Waals surface area contributed by atoms with Crippen molar-refractivity contribution in [2.24, 2.45) is 0 Å². The zero-order valence-corrected chi connectivity index (χ0v) is 21.1. The lowest BCUT2D eigenvalue weighted by molar-refractivity contribution is -0.144. The third-order valence-corrected chi connectivity index (χ3v) is 7.06. The summed E-state index contributed by atoms with van der Waals surface area (Å²) in [6.07, 6.45) is 6.97. The van der Waals surface area contributed by atoms with Crippen molar-refractivity contribution in [3.8, 4) is 0 Å². The average Bonchev–Trinajstić information content (AvgIpc) is 3.14. The molecule has 2 rings (SSSR count). The molecular formula is C22H36FN2O9P. The number of ether oxygens (including phenoxy) is 1. The fraction of sp³-hybridized carbons (Fsp3) is 0.773. The Morgan fingerprint density at radius 1 is 1.20 bits per heavy atom. The number of hydrogen-bond donors (Lipinski definition) is 3.